The van der Waals surface area contributed by atoms with E-state index >= 15 is 0 Å². The summed E-state index contributed by atoms with van der Waals surface area (Å²) in [5, 5.41) is 0.815. The first-order valence-electron chi connectivity index (χ1n) is 6.90. The molecule has 0 N–H and O–H groups in total. The highest BCUT2D eigenvalue weighted by Gasteiger charge is 2.33. The van der Waals surface area contributed by atoms with E-state index in [0.29, 0.717) is 12.5 Å². The number of aromatic nitrogens is 2. The van der Waals surface area contributed by atoms with Crippen LogP contribution in [-0.2, 0) is 4.74 Å². The number of hydrogen-bond donors (Lipinski definition) is 0. The molecule has 0 aliphatic carbocycles. The third-order valence-corrected chi connectivity index (χ3v) is 3.79. The highest BCUT2D eigenvalue weighted by Crippen LogP contribution is 2.27. The summed E-state index contributed by atoms with van der Waals surface area (Å²) in [5.74, 6) is 2.27. The Morgan fingerprint density at radius 1 is 1.50 bits per heavy atom. The molecule has 0 spiro atoms. The third kappa shape index (κ3) is 3.82. The fraction of sp³-hybridized carbons (Fsp3) is 0.714. The first-order chi connectivity index (χ1) is 9.43. The van der Waals surface area contributed by atoms with Gasteiger partial charge in [0.25, 0.3) is 0 Å². The number of nitrogens with zero attached hydrogens (tertiary/aromatic N) is 3. The second kappa shape index (κ2) is 6.26. The van der Waals surface area contributed by atoms with Crippen molar-refractivity contribution in [2.75, 3.05) is 29.9 Å². The minimum Gasteiger partial charge on any atom is -0.478 e. The van der Waals surface area contributed by atoms with E-state index < -0.39 is 0 Å². The van der Waals surface area contributed by atoms with Crippen LogP contribution in [0.25, 0.3) is 0 Å². The monoisotopic (exact) mass is 343 g/mol. The van der Waals surface area contributed by atoms with E-state index in [1.807, 2.05) is 19.9 Å². The standard InChI is InChI=1S/C14H22BrN3O2/c1-5-19-13-6-12(16-10(2)17-13)18-8-11(7-15)20-14(3,4)9-18/h6,11H,5,7-9H2,1-4H3. The van der Waals surface area contributed by atoms with E-state index in [1.54, 1.807) is 0 Å². The summed E-state index contributed by atoms with van der Waals surface area (Å²) >= 11 is 3.51. The molecule has 2 rings (SSSR count). The largest absolute Gasteiger partial charge is 0.478 e. The molecule has 6 heteroatoms. The van der Waals surface area contributed by atoms with Gasteiger partial charge in [0.1, 0.15) is 11.6 Å². The number of anilines is 1. The van der Waals surface area contributed by atoms with Crippen molar-refractivity contribution in [3.05, 3.63) is 11.9 Å². The average Bonchev–Trinajstić information content (AvgIpc) is 2.36. The summed E-state index contributed by atoms with van der Waals surface area (Å²) in [4.78, 5) is 11.1. The second-order valence-corrected chi connectivity index (χ2v) is 6.23. The lowest BCUT2D eigenvalue weighted by Gasteiger charge is -2.43. The van der Waals surface area contributed by atoms with Crippen molar-refractivity contribution < 1.29 is 9.47 Å². The Bertz CT molecular complexity index is 468. The Balaban J connectivity index is 2.25. The van der Waals surface area contributed by atoms with Crippen LogP contribution in [0.1, 0.15) is 26.6 Å². The first kappa shape index (κ1) is 15.5. The maximum Gasteiger partial charge on any atom is 0.218 e. The molecule has 1 atom stereocenters. The number of ether oxygens (including phenoxy) is 2. The van der Waals surface area contributed by atoms with Crippen LogP contribution in [0.5, 0.6) is 5.88 Å². The number of morpholine rings is 1. The Morgan fingerprint density at radius 2 is 2.25 bits per heavy atom. The van der Waals surface area contributed by atoms with Gasteiger partial charge in [0, 0.05) is 24.5 Å². The molecule has 1 aliphatic rings. The van der Waals surface area contributed by atoms with Gasteiger partial charge in [0.15, 0.2) is 0 Å². The van der Waals surface area contributed by atoms with Gasteiger partial charge < -0.3 is 14.4 Å². The van der Waals surface area contributed by atoms with Crippen molar-refractivity contribution in [1.29, 1.82) is 0 Å². The van der Waals surface area contributed by atoms with E-state index in [1.165, 1.54) is 0 Å². The second-order valence-electron chi connectivity index (χ2n) is 5.58. The van der Waals surface area contributed by atoms with Crippen LogP contribution in [0.2, 0.25) is 0 Å². The Labute approximate surface area is 128 Å². The van der Waals surface area contributed by atoms with E-state index in [2.05, 4.69) is 44.6 Å². The smallest absolute Gasteiger partial charge is 0.218 e. The SMILES string of the molecule is CCOc1cc(N2CC(CBr)OC(C)(C)C2)nc(C)n1. The van der Waals surface area contributed by atoms with Crippen LogP contribution in [0.15, 0.2) is 6.07 Å². The van der Waals surface area contributed by atoms with E-state index in [0.717, 1.165) is 30.1 Å². The Hall–Kier alpha value is -0.880. The van der Waals surface area contributed by atoms with Crippen LogP contribution in [0.3, 0.4) is 0 Å². The van der Waals surface area contributed by atoms with Crippen molar-refractivity contribution in [3.8, 4) is 5.88 Å². The fourth-order valence-electron chi connectivity index (χ4n) is 2.46. The molecule has 0 aromatic carbocycles. The lowest BCUT2D eigenvalue weighted by molar-refractivity contribution is -0.0726. The first-order valence-corrected chi connectivity index (χ1v) is 8.03. The molecule has 1 saturated heterocycles. The van der Waals surface area contributed by atoms with Crippen molar-refractivity contribution >= 4 is 21.7 Å². The maximum atomic E-state index is 6.02. The highest BCUT2D eigenvalue weighted by atomic mass is 79.9. The number of aryl methyl sites for hydroxylation is 1. The molecule has 112 valence electrons. The highest BCUT2D eigenvalue weighted by molar-refractivity contribution is 9.09. The summed E-state index contributed by atoms with van der Waals surface area (Å²) in [7, 11) is 0. The molecule has 5 nitrogen and oxygen atoms in total. The molecule has 1 aromatic rings. The molecule has 2 heterocycles. The normalized spacial score (nSPS) is 21.9. The predicted octanol–water partition coefficient (Wildman–Crippen LogP) is 2.56. The fourth-order valence-corrected chi connectivity index (χ4v) is 2.80. The van der Waals surface area contributed by atoms with Crippen LogP contribution < -0.4 is 9.64 Å². The summed E-state index contributed by atoms with van der Waals surface area (Å²) < 4.78 is 11.5. The summed E-state index contributed by atoms with van der Waals surface area (Å²) in [6, 6.07) is 1.91. The quantitative estimate of drug-likeness (QED) is 0.786. The van der Waals surface area contributed by atoms with Crippen molar-refractivity contribution in [2.45, 2.75) is 39.4 Å². The topological polar surface area (TPSA) is 47.5 Å². The van der Waals surface area contributed by atoms with E-state index in [9.17, 15) is 0 Å². The van der Waals surface area contributed by atoms with Crippen molar-refractivity contribution in [1.82, 2.24) is 9.97 Å². The van der Waals surface area contributed by atoms with Gasteiger partial charge in [0.05, 0.1) is 18.3 Å². The van der Waals surface area contributed by atoms with Gasteiger partial charge in [-0.05, 0) is 27.7 Å². The molecule has 0 radical (unpaired) electrons. The molecule has 20 heavy (non-hydrogen) atoms. The predicted molar refractivity (Wildman–Crippen MR) is 82.9 cm³/mol. The summed E-state index contributed by atoms with van der Waals surface area (Å²) in [6.45, 7) is 10.3. The van der Waals surface area contributed by atoms with Gasteiger partial charge in [-0.3, -0.25) is 0 Å². The van der Waals surface area contributed by atoms with Crippen LogP contribution in [-0.4, -0.2) is 46.7 Å². The molecule has 1 aliphatic heterocycles. The molecule has 0 amide bonds. The molecule has 0 saturated carbocycles. The Morgan fingerprint density at radius 3 is 2.90 bits per heavy atom. The van der Waals surface area contributed by atoms with Crippen molar-refractivity contribution in [3.63, 3.8) is 0 Å². The van der Waals surface area contributed by atoms with Crippen molar-refractivity contribution in [2.24, 2.45) is 0 Å². The van der Waals surface area contributed by atoms with Gasteiger partial charge in [-0.15, -0.1) is 0 Å². The lowest BCUT2D eigenvalue weighted by Crippen LogP contribution is -2.53. The van der Waals surface area contributed by atoms with Gasteiger partial charge in [-0.1, -0.05) is 15.9 Å². The Kier molecular flexibility index (Phi) is 4.86. The molecule has 1 unspecified atom stereocenters. The minimum absolute atomic E-state index is 0.157. The molecule has 1 fully saturated rings. The van der Waals surface area contributed by atoms with Gasteiger partial charge in [-0.2, -0.15) is 4.98 Å². The number of hydrogen-bond acceptors (Lipinski definition) is 5. The number of alkyl halides is 1. The van der Waals surface area contributed by atoms with E-state index in [-0.39, 0.29) is 11.7 Å². The number of halogens is 1. The lowest BCUT2D eigenvalue weighted by atomic mass is 10.1. The van der Waals surface area contributed by atoms with Gasteiger partial charge in [0.2, 0.25) is 5.88 Å². The number of rotatable bonds is 4. The van der Waals surface area contributed by atoms with Crippen LogP contribution in [0.4, 0.5) is 5.82 Å². The minimum atomic E-state index is -0.193. The van der Waals surface area contributed by atoms with Crippen LogP contribution >= 0.6 is 15.9 Å². The third-order valence-electron chi connectivity index (χ3n) is 3.07. The molecular weight excluding hydrogens is 322 g/mol. The zero-order valence-corrected chi connectivity index (χ0v) is 14.1. The van der Waals surface area contributed by atoms with Crippen LogP contribution in [0, 0.1) is 6.92 Å². The summed E-state index contributed by atoms with van der Waals surface area (Å²) in [6.07, 6.45) is 0.157. The summed E-state index contributed by atoms with van der Waals surface area (Å²) in [5.41, 5.74) is -0.193. The average molecular weight is 344 g/mol. The maximum absolute atomic E-state index is 6.02. The molecular formula is C14H22BrN3O2. The van der Waals surface area contributed by atoms with Gasteiger partial charge >= 0.3 is 0 Å². The van der Waals surface area contributed by atoms with Gasteiger partial charge in [-0.25, -0.2) is 4.98 Å². The molecule has 0 bridgehead atoms. The molecule has 1 aromatic heterocycles. The zero-order chi connectivity index (χ0) is 14.8. The van der Waals surface area contributed by atoms with E-state index in [4.69, 9.17) is 9.47 Å². The zero-order valence-electron chi connectivity index (χ0n) is 12.5.